The summed E-state index contributed by atoms with van der Waals surface area (Å²) in [5.41, 5.74) is 2.85. The van der Waals surface area contributed by atoms with Crippen LogP contribution in [0, 0.1) is 29.0 Å². The first-order valence-electron chi connectivity index (χ1n) is 14.7. The van der Waals surface area contributed by atoms with E-state index in [1.54, 1.807) is 12.1 Å². The molecule has 0 spiro atoms. The van der Waals surface area contributed by atoms with E-state index in [4.69, 9.17) is 0 Å². The fourth-order valence-corrected chi connectivity index (χ4v) is 8.11. The summed E-state index contributed by atoms with van der Waals surface area (Å²) in [5, 5.41) is 1.16. The third kappa shape index (κ3) is 5.22. The first-order chi connectivity index (χ1) is 18.8. The van der Waals surface area contributed by atoms with E-state index in [-0.39, 0.29) is 35.6 Å². The van der Waals surface area contributed by atoms with Gasteiger partial charge in [0.1, 0.15) is 12.4 Å². The van der Waals surface area contributed by atoms with Crippen LogP contribution in [0.25, 0.3) is 10.9 Å². The number of hydrogen-bond donors (Lipinski definition) is 1. The van der Waals surface area contributed by atoms with Gasteiger partial charge in [-0.05, 0) is 106 Å². The Hall–Kier alpha value is -3.15. The lowest BCUT2D eigenvalue weighted by Crippen LogP contribution is -2.57. The molecule has 0 aliphatic heterocycles. The van der Waals surface area contributed by atoms with E-state index in [0.29, 0.717) is 37.3 Å². The second-order valence-corrected chi connectivity index (χ2v) is 12.8. The smallest absolute Gasteiger partial charge is 0.242 e. The summed E-state index contributed by atoms with van der Waals surface area (Å²) >= 11 is 0. The minimum atomic E-state index is -0.289. The molecule has 2 amide bonds. The van der Waals surface area contributed by atoms with Crippen molar-refractivity contribution in [3.05, 3.63) is 71.7 Å². The fourth-order valence-electron chi connectivity index (χ4n) is 8.11. The Morgan fingerprint density at radius 3 is 2.26 bits per heavy atom. The highest BCUT2D eigenvalue weighted by molar-refractivity contribution is 5.89. The monoisotopic (exact) mass is 529 g/mol. The molecule has 4 aliphatic carbocycles. The maximum Gasteiger partial charge on any atom is 0.242 e. The van der Waals surface area contributed by atoms with E-state index in [1.165, 1.54) is 31.4 Å². The van der Waals surface area contributed by atoms with Gasteiger partial charge in [-0.25, -0.2) is 4.39 Å². The van der Waals surface area contributed by atoms with Gasteiger partial charge in [0, 0.05) is 36.2 Å². The second-order valence-electron chi connectivity index (χ2n) is 12.8. The largest absolute Gasteiger partial charge is 0.361 e. The highest BCUT2D eigenvalue weighted by Crippen LogP contribution is 2.60. The molecule has 39 heavy (non-hydrogen) atoms. The fraction of sp³-hybridized carbons (Fsp3) is 0.515. The van der Waals surface area contributed by atoms with Crippen LogP contribution in [0.4, 0.5) is 4.39 Å². The van der Waals surface area contributed by atoms with E-state index in [1.807, 2.05) is 42.0 Å². The number of aromatic amines is 1. The normalized spacial score (nSPS) is 25.4. The Morgan fingerprint density at radius 2 is 1.62 bits per heavy atom. The van der Waals surface area contributed by atoms with Crippen LogP contribution in [0.5, 0.6) is 0 Å². The number of rotatable bonds is 9. The number of carbonyl (C=O) groups excluding carboxylic acids is 2. The lowest BCUT2D eigenvalue weighted by molar-refractivity contribution is -0.162. The van der Waals surface area contributed by atoms with Crippen LogP contribution in [-0.2, 0) is 22.6 Å². The molecule has 7 rings (SSSR count). The summed E-state index contributed by atoms with van der Waals surface area (Å²) in [6.07, 6.45) is 9.55. The second kappa shape index (κ2) is 10.4. The molecular formula is C33H40FN3O2. The first kappa shape index (κ1) is 26.1. The Kier molecular flexibility index (Phi) is 6.98. The maximum absolute atomic E-state index is 14.2. The Balaban J connectivity index is 1.21. The number of nitrogens with zero attached hydrogens (tertiary/aromatic N) is 2. The van der Waals surface area contributed by atoms with E-state index in [0.717, 1.165) is 41.3 Å². The molecule has 206 valence electrons. The minimum absolute atomic E-state index is 0.0456. The van der Waals surface area contributed by atoms with Gasteiger partial charge >= 0.3 is 0 Å². The molecule has 4 bridgehead atoms. The summed E-state index contributed by atoms with van der Waals surface area (Å²) < 4.78 is 13.6. The number of nitrogens with one attached hydrogen (secondary N) is 1. The Morgan fingerprint density at radius 1 is 0.974 bits per heavy atom. The molecule has 0 atom stereocenters. The number of aromatic nitrogens is 1. The lowest BCUT2D eigenvalue weighted by atomic mass is 9.49. The predicted octanol–water partition coefficient (Wildman–Crippen LogP) is 6.33. The van der Waals surface area contributed by atoms with Gasteiger partial charge in [0.2, 0.25) is 11.8 Å². The number of halogens is 1. The molecule has 3 aromatic rings. The van der Waals surface area contributed by atoms with Crippen molar-refractivity contribution in [1.29, 1.82) is 0 Å². The first-order valence-corrected chi connectivity index (χ1v) is 14.7. The highest BCUT2D eigenvalue weighted by Gasteiger charge is 2.56. The number of para-hydroxylation sites is 1. The lowest BCUT2D eigenvalue weighted by Gasteiger charge is -2.57. The number of hydrogen-bond acceptors (Lipinski definition) is 2. The van der Waals surface area contributed by atoms with Crippen molar-refractivity contribution in [2.24, 2.45) is 23.2 Å². The zero-order chi connectivity index (χ0) is 27.1. The highest BCUT2D eigenvalue weighted by atomic mass is 19.1. The van der Waals surface area contributed by atoms with Crippen molar-refractivity contribution in [2.75, 3.05) is 13.1 Å². The summed E-state index contributed by atoms with van der Waals surface area (Å²) in [4.78, 5) is 35.2. The molecule has 4 fully saturated rings. The SMILES string of the molecule is CC(C)N(CC(=O)N(CCc1c[nH]c2ccccc12)Cc1ccc(F)cc1)C(=O)C12CC3CC(CC(C3)C1)C2. The van der Waals surface area contributed by atoms with Crippen molar-refractivity contribution in [3.8, 4) is 0 Å². The van der Waals surface area contributed by atoms with Gasteiger partial charge in [-0.1, -0.05) is 30.3 Å². The van der Waals surface area contributed by atoms with Crippen molar-refractivity contribution >= 4 is 22.7 Å². The average molecular weight is 530 g/mol. The van der Waals surface area contributed by atoms with Crippen molar-refractivity contribution < 1.29 is 14.0 Å². The number of carbonyl (C=O) groups is 2. The molecule has 4 saturated carbocycles. The van der Waals surface area contributed by atoms with Crippen LogP contribution >= 0.6 is 0 Å². The van der Waals surface area contributed by atoms with E-state index in [9.17, 15) is 14.0 Å². The van der Waals surface area contributed by atoms with Crippen molar-refractivity contribution in [2.45, 2.75) is 71.4 Å². The van der Waals surface area contributed by atoms with Gasteiger partial charge in [-0.15, -0.1) is 0 Å². The molecule has 1 N–H and O–H groups in total. The summed E-state index contributed by atoms with van der Waals surface area (Å²) in [7, 11) is 0. The molecule has 0 unspecified atom stereocenters. The summed E-state index contributed by atoms with van der Waals surface area (Å²) in [6, 6.07) is 14.5. The summed E-state index contributed by atoms with van der Waals surface area (Å²) in [5.74, 6) is 1.89. The van der Waals surface area contributed by atoms with Gasteiger partial charge in [-0.3, -0.25) is 9.59 Å². The van der Waals surface area contributed by atoms with E-state index < -0.39 is 0 Å². The Bertz CT molecular complexity index is 1310. The molecule has 4 aliphatic rings. The van der Waals surface area contributed by atoms with Crippen LogP contribution in [0.1, 0.15) is 63.5 Å². The topological polar surface area (TPSA) is 56.4 Å². The van der Waals surface area contributed by atoms with Crippen LogP contribution in [0.3, 0.4) is 0 Å². The van der Waals surface area contributed by atoms with Gasteiger partial charge in [0.25, 0.3) is 0 Å². The van der Waals surface area contributed by atoms with Gasteiger partial charge < -0.3 is 14.8 Å². The van der Waals surface area contributed by atoms with Crippen LogP contribution < -0.4 is 0 Å². The zero-order valence-electron chi connectivity index (χ0n) is 23.2. The average Bonchev–Trinajstić information content (AvgIpc) is 3.32. The standard InChI is InChI=1S/C33H40FN3O2/c1-22(2)37(32(39)33-16-24-13-25(17-33)15-26(14-24)18-33)21-31(38)36(20-23-7-9-28(34)10-8-23)12-11-27-19-35-30-6-4-3-5-29(27)30/h3-10,19,22,24-26,35H,11-18,20-21H2,1-2H3. The third-order valence-electron chi connectivity index (χ3n) is 9.65. The summed E-state index contributed by atoms with van der Waals surface area (Å²) in [6.45, 7) is 5.06. The zero-order valence-corrected chi connectivity index (χ0v) is 23.2. The number of benzene rings is 2. The van der Waals surface area contributed by atoms with Gasteiger partial charge in [0.15, 0.2) is 0 Å². The minimum Gasteiger partial charge on any atom is -0.361 e. The van der Waals surface area contributed by atoms with Crippen molar-refractivity contribution in [3.63, 3.8) is 0 Å². The Labute approximate surface area is 230 Å². The van der Waals surface area contributed by atoms with Crippen LogP contribution in [0.2, 0.25) is 0 Å². The molecular weight excluding hydrogens is 489 g/mol. The molecule has 6 heteroatoms. The number of amides is 2. The molecule has 2 aromatic carbocycles. The van der Waals surface area contributed by atoms with Gasteiger partial charge in [0.05, 0.1) is 5.41 Å². The molecule has 0 radical (unpaired) electrons. The molecule has 0 saturated heterocycles. The van der Waals surface area contributed by atoms with Crippen LogP contribution in [-0.4, -0.2) is 45.7 Å². The van der Waals surface area contributed by atoms with Crippen molar-refractivity contribution in [1.82, 2.24) is 14.8 Å². The quantitative estimate of drug-likeness (QED) is 0.352. The molecule has 1 heterocycles. The number of H-pyrrole nitrogens is 1. The maximum atomic E-state index is 14.2. The molecule has 1 aromatic heterocycles. The van der Waals surface area contributed by atoms with E-state index in [2.05, 4.69) is 17.1 Å². The van der Waals surface area contributed by atoms with E-state index >= 15 is 0 Å². The third-order valence-corrected chi connectivity index (χ3v) is 9.65. The number of fused-ring (bicyclic) bond motifs is 1. The predicted molar refractivity (Wildman–Crippen MR) is 151 cm³/mol. The molecule has 5 nitrogen and oxygen atoms in total. The van der Waals surface area contributed by atoms with Crippen LogP contribution in [0.15, 0.2) is 54.7 Å². The van der Waals surface area contributed by atoms with Gasteiger partial charge in [-0.2, -0.15) is 0 Å².